The number of hydrogen-bond donors (Lipinski definition) is 2. The first-order chi connectivity index (χ1) is 5.74. The molecule has 0 fully saturated rings. The lowest BCUT2D eigenvalue weighted by atomic mass is 10.2. The van der Waals surface area contributed by atoms with E-state index in [9.17, 15) is 4.79 Å². The molecule has 2 N–H and O–H groups in total. The van der Waals surface area contributed by atoms with Gasteiger partial charge in [0, 0.05) is 7.05 Å². The second kappa shape index (κ2) is 4.11. The Morgan fingerprint density at radius 3 is 2.92 bits per heavy atom. The molecule has 66 valence electrons. The molecule has 0 spiro atoms. The van der Waals surface area contributed by atoms with Crippen LogP contribution in [-0.4, -0.2) is 13.1 Å². The minimum Gasteiger partial charge on any atom is -0.341 e. The fraction of sp³-hybridized carbons (Fsp3) is 0.375. The quantitative estimate of drug-likeness (QED) is 0.722. The highest BCUT2D eigenvalue weighted by Crippen LogP contribution is 2.14. The van der Waals surface area contributed by atoms with Gasteiger partial charge in [0.1, 0.15) is 0 Å². The molecule has 0 aliphatic heterocycles. The van der Waals surface area contributed by atoms with Crippen LogP contribution in [0.4, 0.5) is 4.79 Å². The largest absolute Gasteiger partial charge is 0.341 e. The molecule has 1 unspecified atom stereocenters. The van der Waals surface area contributed by atoms with E-state index in [0.29, 0.717) is 0 Å². The summed E-state index contributed by atoms with van der Waals surface area (Å²) in [6, 6.07) is 1.94. The van der Waals surface area contributed by atoms with Gasteiger partial charge in [-0.1, -0.05) is 0 Å². The van der Waals surface area contributed by atoms with Crippen LogP contribution >= 0.6 is 11.3 Å². The standard InChI is InChI=1S/C8H12N2OS/c1-6(10-8(11)9-2)7-3-4-12-5-7/h3-6H,1-2H3,(H2,9,10,11). The first kappa shape index (κ1) is 9.06. The van der Waals surface area contributed by atoms with E-state index >= 15 is 0 Å². The fourth-order valence-electron chi connectivity index (χ4n) is 0.874. The highest BCUT2D eigenvalue weighted by Gasteiger charge is 2.07. The van der Waals surface area contributed by atoms with Gasteiger partial charge in [0.25, 0.3) is 0 Å². The summed E-state index contributed by atoms with van der Waals surface area (Å²) in [6.07, 6.45) is 0. The number of carbonyl (C=O) groups is 1. The van der Waals surface area contributed by atoms with Gasteiger partial charge in [-0.3, -0.25) is 0 Å². The molecule has 0 aliphatic carbocycles. The van der Waals surface area contributed by atoms with E-state index in [-0.39, 0.29) is 12.1 Å². The molecule has 3 nitrogen and oxygen atoms in total. The first-order valence-corrected chi connectivity index (χ1v) is 4.68. The van der Waals surface area contributed by atoms with Crippen LogP contribution in [0.15, 0.2) is 16.8 Å². The number of nitrogens with one attached hydrogen (secondary N) is 2. The van der Waals surface area contributed by atoms with Crippen molar-refractivity contribution in [3.05, 3.63) is 22.4 Å². The molecule has 0 aliphatic rings. The summed E-state index contributed by atoms with van der Waals surface area (Å²) in [5.74, 6) is 0. The minimum absolute atomic E-state index is 0.0798. The van der Waals surface area contributed by atoms with E-state index in [0.717, 1.165) is 5.56 Å². The molecule has 1 aromatic rings. The average molecular weight is 184 g/mol. The van der Waals surface area contributed by atoms with E-state index in [4.69, 9.17) is 0 Å². The Kier molecular flexibility index (Phi) is 3.10. The van der Waals surface area contributed by atoms with Gasteiger partial charge in [0.05, 0.1) is 6.04 Å². The summed E-state index contributed by atoms with van der Waals surface area (Å²) < 4.78 is 0. The molecule has 1 heterocycles. The summed E-state index contributed by atoms with van der Waals surface area (Å²) in [5.41, 5.74) is 1.14. The van der Waals surface area contributed by atoms with Crippen LogP contribution in [-0.2, 0) is 0 Å². The maximum atomic E-state index is 10.9. The van der Waals surface area contributed by atoms with E-state index in [2.05, 4.69) is 10.6 Å². The molecule has 1 rings (SSSR count). The van der Waals surface area contributed by atoms with Crippen LogP contribution in [0, 0.1) is 0 Å². The average Bonchev–Trinajstić information content (AvgIpc) is 2.56. The van der Waals surface area contributed by atoms with Crippen molar-refractivity contribution in [2.75, 3.05) is 7.05 Å². The van der Waals surface area contributed by atoms with Crippen LogP contribution < -0.4 is 10.6 Å². The van der Waals surface area contributed by atoms with Gasteiger partial charge in [-0.05, 0) is 29.3 Å². The smallest absolute Gasteiger partial charge is 0.315 e. The van der Waals surface area contributed by atoms with Crippen molar-refractivity contribution < 1.29 is 4.79 Å². The third-order valence-electron chi connectivity index (χ3n) is 1.62. The van der Waals surface area contributed by atoms with E-state index < -0.39 is 0 Å². The molecular formula is C8H12N2OS. The van der Waals surface area contributed by atoms with Crippen LogP contribution in [0.5, 0.6) is 0 Å². The SMILES string of the molecule is CNC(=O)NC(C)c1ccsc1. The van der Waals surface area contributed by atoms with Gasteiger partial charge in [-0.15, -0.1) is 0 Å². The van der Waals surface area contributed by atoms with E-state index in [1.54, 1.807) is 18.4 Å². The molecule has 0 bridgehead atoms. The lowest BCUT2D eigenvalue weighted by molar-refractivity contribution is 0.240. The van der Waals surface area contributed by atoms with Gasteiger partial charge in [0.15, 0.2) is 0 Å². The number of amides is 2. The molecule has 1 aromatic heterocycles. The normalized spacial score (nSPS) is 12.2. The van der Waals surface area contributed by atoms with Crippen molar-refractivity contribution in [1.82, 2.24) is 10.6 Å². The topological polar surface area (TPSA) is 41.1 Å². The summed E-state index contributed by atoms with van der Waals surface area (Å²) in [5, 5.41) is 9.33. The highest BCUT2D eigenvalue weighted by atomic mass is 32.1. The van der Waals surface area contributed by atoms with E-state index in [1.165, 1.54) is 0 Å². The number of hydrogen-bond acceptors (Lipinski definition) is 2. The Morgan fingerprint density at radius 2 is 2.42 bits per heavy atom. The molecule has 12 heavy (non-hydrogen) atoms. The predicted octanol–water partition coefficient (Wildman–Crippen LogP) is 1.74. The van der Waals surface area contributed by atoms with Crippen molar-refractivity contribution >= 4 is 17.4 Å². The van der Waals surface area contributed by atoms with Crippen LogP contribution in [0.3, 0.4) is 0 Å². The summed E-state index contributed by atoms with van der Waals surface area (Å²) in [4.78, 5) is 10.9. The molecular weight excluding hydrogens is 172 g/mol. The molecule has 0 radical (unpaired) electrons. The zero-order valence-electron chi connectivity index (χ0n) is 7.13. The van der Waals surface area contributed by atoms with Crippen molar-refractivity contribution in [2.45, 2.75) is 13.0 Å². The van der Waals surface area contributed by atoms with Crippen molar-refractivity contribution in [2.24, 2.45) is 0 Å². The summed E-state index contributed by atoms with van der Waals surface area (Å²) >= 11 is 1.63. The van der Waals surface area contributed by atoms with Gasteiger partial charge < -0.3 is 10.6 Å². The number of thiophene rings is 1. The first-order valence-electron chi connectivity index (χ1n) is 3.74. The summed E-state index contributed by atoms with van der Waals surface area (Å²) in [7, 11) is 1.61. The maximum absolute atomic E-state index is 10.9. The van der Waals surface area contributed by atoms with Gasteiger partial charge in [0.2, 0.25) is 0 Å². The molecule has 2 amide bonds. The third-order valence-corrected chi connectivity index (χ3v) is 2.32. The van der Waals surface area contributed by atoms with Crippen molar-refractivity contribution in [3.63, 3.8) is 0 Å². The van der Waals surface area contributed by atoms with E-state index in [1.807, 2.05) is 23.8 Å². The fourth-order valence-corrected chi connectivity index (χ4v) is 1.63. The Bertz CT molecular complexity index is 246. The second-order valence-corrected chi connectivity index (χ2v) is 3.28. The lowest BCUT2D eigenvalue weighted by Gasteiger charge is -2.11. The molecule has 0 saturated heterocycles. The molecule has 0 saturated carbocycles. The van der Waals surface area contributed by atoms with Gasteiger partial charge in [-0.25, -0.2) is 4.79 Å². The van der Waals surface area contributed by atoms with Crippen molar-refractivity contribution in [1.29, 1.82) is 0 Å². The van der Waals surface area contributed by atoms with Gasteiger partial charge >= 0.3 is 6.03 Å². The zero-order chi connectivity index (χ0) is 8.97. The third kappa shape index (κ3) is 2.23. The Labute approximate surface area is 75.8 Å². The van der Waals surface area contributed by atoms with Crippen molar-refractivity contribution in [3.8, 4) is 0 Å². The van der Waals surface area contributed by atoms with Crippen LogP contribution in [0.25, 0.3) is 0 Å². The molecule has 1 atom stereocenters. The number of rotatable bonds is 2. The highest BCUT2D eigenvalue weighted by molar-refractivity contribution is 7.07. The Hall–Kier alpha value is -1.03. The maximum Gasteiger partial charge on any atom is 0.315 e. The Balaban J connectivity index is 2.49. The monoisotopic (exact) mass is 184 g/mol. The number of carbonyl (C=O) groups excluding carboxylic acids is 1. The lowest BCUT2D eigenvalue weighted by Crippen LogP contribution is -2.34. The minimum atomic E-state index is -0.145. The Morgan fingerprint density at radius 1 is 1.67 bits per heavy atom. The number of urea groups is 1. The summed E-state index contributed by atoms with van der Waals surface area (Å²) in [6.45, 7) is 1.96. The van der Waals surface area contributed by atoms with Gasteiger partial charge in [-0.2, -0.15) is 11.3 Å². The molecule has 0 aromatic carbocycles. The van der Waals surface area contributed by atoms with Crippen LogP contribution in [0.2, 0.25) is 0 Å². The van der Waals surface area contributed by atoms with Crippen LogP contribution in [0.1, 0.15) is 18.5 Å². The molecule has 4 heteroatoms. The zero-order valence-corrected chi connectivity index (χ0v) is 7.94. The second-order valence-electron chi connectivity index (χ2n) is 2.50. The predicted molar refractivity (Wildman–Crippen MR) is 50.3 cm³/mol.